The Morgan fingerprint density at radius 1 is 1.00 bits per heavy atom. The maximum atomic E-state index is 12.4. The van der Waals surface area contributed by atoms with Crippen LogP contribution >= 0.6 is 27.7 Å². The average Bonchev–Trinajstić information content (AvgIpc) is 3.32. The molecule has 178 valence electrons. The molecule has 0 atom stereocenters. The van der Waals surface area contributed by atoms with Gasteiger partial charge < -0.3 is 9.47 Å². The number of hydrogen-bond donors (Lipinski definition) is 1. The summed E-state index contributed by atoms with van der Waals surface area (Å²) >= 11 is 4.72. The number of benzene rings is 3. The van der Waals surface area contributed by atoms with Gasteiger partial charge in [0, 0.05) is 21.3 Å². The molecule has 10 heteroatoms. The minimum atomic E-state index is -0.256. The van der Waals surface area contributed by atoms with Crippen LogP contribution < -0.4 is 14.9 Å². The largest absolute Gasteiger partial charge is 0.497 e. The van der Waals surface area contributed by atoms with Gasteiger partial charge in [0.2, 0.25) is 0 Å². The summed E-state index contributed by atoms with van der Waals surface area (Å²) in [7, 11) is 3.24. The van der Waals surface area contributed by atoms with Crippen molar-refractivity contribution in [3.63, 3.8) is 0 Å². The molecule has 0 aliphatic carbocycles. The molecule has 1 amide bonds. The smallest absolute Gasteiger partial charge is 0.250 e. The predicted octanol–water partition coefficient (Wildman–Crippen LogP) is 4.96. The van der Waals surface area contributed by atoms with Gasteiger partial charge in [-0.05, 0) is 54.6 Å². The van der Waals surface area contributed by atoms with Crippen LogP contribution in [-0.2, 0) is 4.79 Å². The molecule has 0 bridgehead atoms. The molecule has 0 fully saturated rings. The first kappa shape index (κ1) is 24.5. The highest BCUT2D eigenvalue weighted by atomic mass is 79.9. The maximum Gasteiger partial charge on any atom is 0.250 e. The molecule has 0 aliphatic heterocycles. The Labute approximate surface area is 215 Å². The minimum absolute atomic E-state index is 0.115. The van der Waals surface area contributed by atoms with Crippen LogP contribution in [0, 0.1) is 0 Å². The minimum Gasteiger partial charge on any atom is -0.497 e. The lowest BCUT2D eigenvalue weighted by molar-refractivity contribution is -0.118. The summed E-state index contributed by atoms with van der Waals surface area (Å²) in [6.07, 6.45) is 1.59. The molecule has 3 aromatic carbocycles. The van der Waals surface area contributed by atoms with Crippen LogP contribution in [0.1, 0.15) is 5.56 Å². The van der Waals surface area contributed by atoms with E-state index < -0.39 is 0 Å². The highest BCUT2D eigenvalue weighted by Gasteiger charge is 2.17. The number of amides is 1. The average molecular weight is 552 g/mol. The first-order chi connectivity index (χ1) is 17.1. The first-order valence-corrected chi connectivity index (χ1v) is 12.3. The van der Waals surface area contributed by atoms with Gasteiger partial charge in [-0.1, -0.05) is 45.9 Å². The van der Waals surface area contributed by atoms with Gasteiger partial charge in [0.05, 0.1) is 26.2 Å². The number of rotatable bonds is 9. The maximum absolute atomic E-state index is 12.4. The van der Waals surface area contributed by atoms with Gasteiger partial charge in [0.1, 0.15) is 11.5 Å². The molecule has 35 heavy (non-hydrogen) atoms. The fourth-order valence-corrected chi connectivity index (χ4v) is 4.30. The van der Waals surface area contributed by atoms with Crippen LogP contribution in [0.4, 0.5) is 0 Å². The monoisotopic (exact) mass is 551 g/mol. The van der Waals surface area contributed by atoms with E-state index in [-0.39, 0.29) is 11.7 Å². The number of carbonyl (C=O) groups excluding carboxylic acids is 1. The standard InChI is InChI=1S/C25H22BrN5O3S/c1-33-20-11-7-17(8-12-20)24-29-30-25(31(24)19-9-13-21(34-2)14-10-19)35-16-23(32)28-27-15-18-5-3-4-6-22(18)26/h3-15H,16H2,1-2H3,(H,28,32)/b27-15+. The van der Waals surface area contributed by atoms with E-state index in [1.165, 1.54) is 11.8 Å². The Hall–Kier alpha value is -3.63. The number of methoxy groups -OCH3 is 2. The number of ether oxygens (including phenoxy) is 2. The van der Waals surface area contributed by atoms with E-state index >= 15 is 0 Å². The summed E-state index contributed by atoms with van der Waals surface area (Å²) in [5.74, 6) is 1.99. The zero-order valence-electron chi connectivity index (χ0n) is 19.0. The number of hydrogen-bond acceptors (Lipinski definition) is 7. The summed E-state index contributed by atoms with van der Waals surface area (Å²) in [4.78, 5) is 12.4. The normalized spacial score (nSPS) is 10.9. The second kappa shape index (κ2) is 11.7. The van der Waals surface area contributed by atoms with Crippen LogP contribution in [0.15, 0.2) is 87.5 Å². The molecule has 8 nitrogen and oxygen atoms in total. The highest BCUT2D eigenvalue weighted by Crippen LogP contribution is 2.29. The van der Waals surface area contributed by atoms with Crippen LogP contribution in [0.3, 0.4) is 0 Å². The molecule has 4 aromatic rings. The van der Waals surface area contributed by atoms with Crippen LogP contribution in [0.25, 0.3) is 17.1 Å². The van der Waals surface area contributed by atoms with E-state index in [9.17, 15) is 4.79 Å². The number of halogens is 1. The zero-order chi connectivity index (χ0) is 24.6. The van der Waals surface area contributed by atoms with Crippen LogP contribution in [0.2, 0.25) is 0 Å². The van der Waals surface area contributed by atoms with Crippen molar-refractivity contribution in [1.29, 1.82) is 0 Å². The fraction of sp³-hybridized carbons (Fsp3) is 0.120. The predicted molar refractivity (Wildman–Crippen MR) is 141 cm³/mol. The summed E-state index contributed by atoms with van der Waals surface area (Å²) in [5, 5.41) is 13.4. The van der Waals surface area contributed by atoms with E-state index in [2.05, 4.69) is 36.7 Å². The molecule has 0 spiro atoms. The molecular weight excluding hydrogens is 530 g/mol. The number of carbonyl (C=O) groups is 1. The Balaban J connectivity index is 1.54. The van der Waals surface area contributed by atoms with Gasteiger partial charge in [0.15, 0.2) is 11.0 Å². The lowest BCUT2D eigenvalue weighted by Gasteiger charge is -2.11. The molecule has 0 saturated heterocycles. The van der Waals surface area contributed by atoms with Crippen molar-refractivity contribution >= 4 is 39.8 Å². The molecule has 0 aliphatic rings. The van der Waals surface area contributed by atoms with Gasteiger partial charge in [-0.2, -0.15) is 5.10 Å². The molecular formula is C25H22BrN5O3S. The van der Waals surface area contributed by atoms with Crippen molar-refractivity contribution in [3.05, 3.63) is 82.8 Å². The number of aromatic nitrogens is 3. The molecule has 1 aromatic heterocycles. The number of hydrazone groups is 1. The third-order valence-corrected chi connectivity index (χ3v) is 6.59. The Morgan fingerprint density at radius 3 is 2.31 bits per heavy atom. The lowest BCUT2D eigenvalue weighted by atomic mass is 10.2. The van der Waals surface area contributed by atoms with Crippen LogP contribution in [0.5, 0.6) is 11.5 Å². The summed E-state index contributed by atoms with van der Waals surface area (Å²) in [6.45, 7) is 0. The van der Waals surface area contributed by atoms with Crippen molar-refractivity contribution in [2.45, 2.75) is 5.16 Å². The number of nitrogens with zero attached hydrogens (tertiary/aromatic N) is 4. The van der Waals surface area contributed by atoms with Gasteiger partial charge >= 0.3 is 0 Å². The van der Waals surface area contributed by atoms with E-state index in [1.807, 2.05) is 77.4 Å². The second-order valence-electron chi connectivity index (χ2n) is 7.17. The Kier molecular flexibility index (Phi) is 8.17. The van der Waals surface area contributed by atoms with Crippen LogP contribution in [-0.4, -0.2) is 46.9 Å². The molecule has 4 rings (SSSR count). The number of thioether (sulfide) groups is 1. The quantitative estimate of drug-likeness (QED) is 0.180. The Morgan fingerprint density at radius 2 is 1.66 bits per heavy atom. The zero-order valence-corrected chi connectivity index (χ0v) is 21.4. The van der Waals surface area contributed by atoms with E-state index in [4.69, 9.17) is 9.47 Å². The van der Waals surface area contributed by atoms with Gasteiger partial charge in [0.25, 0.3) is 5.91 Å². The van der Waals surface area contributed by atoms with Gasteiger partial charge in [-0.25, -0.2) is 5.43 Å². The number of nitrogens with one attached hydrogen (secondary N) is 1. The fourth-order valence-electron chi connectivity index (χ4n) is 3.17. The Bertz CT molecular complexity index is 1320. The summed E-state index contributed by atoms with van der Waals surface area (Å²) < 4.78 is 13.3. The van der Waals surface area contributed by atoms with E-state index in [1.54, 1.807) is 20.4 Å². The van der Waals surface area contributed by atoms with Crippen molar-refractivity contribution in [1.82, 2.24) is 20.2 Å². The SMILES string of the molecule is COc1ccc(-c2nnc(SCC(=O)N/N=C/c3ccccc3Br)n2-c2ccc(OC)cc2)cc1. The topological polar surface area (TPSA) is 90.6 Å². The second-order valence-corrected chi connectivity index (χ2v) is 8.97. The lowest BCUT2D eigenvalue weighted by Crippen LogP contribution is -2.20. The molecule has 0 radical (unpaired) electrons. The molecule has 1 N–H and O–H groups in total. The van der Waals surface area contributed by atoms with Gasteiger partial charge in [-0.3, -0.25) is 9.36 Å². The molecule has 1 heterocycles. The van der Waals surface area contributed by atoms with Crippen molar-refractivity contribution in [2.24, 2.45) is 5.10 Å². The van der Waals surface area contributed by atoms with Crippen molar-refractivity contribution in [3.8, 4) is 28.6 Å². The summed E-state index contributed by atoms with van der Waals surface area (Å²) in [5.41, 5.74) is 5.13. The molecule has 0 saturated carbocycles. The third kappa shape index (κ3) is 6.09. The van der Waals surface area contributed by atoms with E-state index in [0.29, 0.717) is 11.0 Å². The van der Waals surface area contributed by atoms with Crippen molar-refractivity contribution < 1.29 is 14.3 Å². The third-order valence-electron chi connectivity index (χ3n) is 4.94. The van der Waals surface area contributed by atoms with E-state index in [0.717, 1.165) is 32.8 Å². The summed E-state index contributed by atoms with van der Waals surface area (Å²) in [6, 6.07) is 22.8. The first-order valence-electron chi connectivity index (χ1n) is 10.5. The van der Waals surface area contributed by atoms with Crippen molar-refractivity contribution in [2.75, 3.05) is 20.0 Å². The van der Waals surface area contributed by atoms with Gasteiger partial charge in [-0.15, -0.1) is 10.2 Å². The molecule has 0 unspecified atom stereocenters. The highest BCUT2D eigenvalue weighted by molar-refractivity contribution is 9.10.